The molecule has 0 unspecified atom stereocenters. The molecule has 0 heterocycles. The van der Waals surface area contributed by atoms with Crippen LogP contribution in [0.5, 0.6) is 0 Å². The van der Waals surface area contributed by atoms with E-state index in [1.54, 1.807) is 0 Å². The Morgan fingerprint density at radius 1 is 1.19 bits per heavy atom. The minimum Gasteiger partial charge on any atom is -0.388 e. The molecule has 0 bridgehead atoms. The van der Waals surface area contributed by atoms with E-state index >= 15 is 0 Å². The third kappa shape index (κ3) is 4.14. The molecule has 1 aliphatic carbocycles. The van der Waals surface area contributed by atoms with Crippen LogP contribution in [0.1, 0.15) is 48.9 Å². The molecule has 0 saturated heterocycles. The second-order valence-electron chi connectivity index (χ2n) is 5.57. The molecule has 1 amide bonds. The molecule has 21 heavy (non-hydrogen) atoms. The van der Waals surface area contributed by atoms with Gasteiger partial charge in [-0.05, 0) is 25.0 Å². The standard InChI is InChI=1S/C15H18ClF2NO2/c16-11-8-13(18)12(17)7-10(11)14(20)19-9-15(21)5-3-1-2-4-6-15/h7-8,21H,1-6,9H2,(H,19,20). The molecule has 116 valence electrons. The number of carbonyl (C=O) groups is 1. The Balaban J connectivity index is 2.03. The zero-order valence-corrected chi connectivity index (χ0v) is 12.3. The van der Waals surface area contributed by atoms with Crippen molar-refractivity contribution in [2.45, 2.75) is 44.1 Å². The summed E-state index contributed by atoms with van der Waals surface area (Å²) in [5.41, 5.74) is -1.06. The summed E-state index contributed by atoms with van der Waals surface area (Å²) in [7, 11) is 0. The van der Waals surface area contributed by atoms with Gasteiger partial charge in [0.15, 0.2) is 11.6 Å². The smallest absolute Gasteiger partial charge is 0.253 e. The lowest BCUT2D eigenvalue weighted by Crippen LogP contribution is -2.42. The normalized spacial score (nSPS) is 18.1. The maximum atomic E-state index is 13.2. The maximum Gasteiger partial charge on any atom is 0.253 e. The maximum absolute atomic E-state index is 13.2. The second kappa shape index (κ2) is 6.71. The van der Waals surface area contributed by atoms with Gasteiger partial charge in [0.05, 0.1) is 16.2 Å². The van der Waals surface area contributed by atoms with Crippen molar-refractivity contribution in [3.05, 3.63) is 34.4 Å². The Hall–Kier alpha value is -1.20. The van der Waals surface area contributed by atoms with Gasteiger partial charge < -0.3 is 10.4 Å². The Morgan fingerprint density at radius 2 is 1.76 bits per heavy atom. The summed E-state index contributed by atoms with van der Waals surface area (Å²) < 4.78 is 26.2. The zero-order chi connectivity index (χ0) is 15.5. The molecule has 1 saturated carbocycles. The molecule has 0 atom stereocenters. The first-order chi connectivity index (χ1) is 9.91. The van der Waals surface area contributed by atoms with Gasteiger partial charge in [-0.3, -0.25) is 4.79 Å². The van der Waals surface area contributed by atoms with Crippen LogP contribution in [0, 0.1) is 11.6 Å². The molecule has 1 aromatic carbocycles. The lowest BCUT2D eigenvalue weighted by Gasteiger charge is -2.26. The van der Waals surface area contributed by atoms with Gasteiger partial charge in [0, 0.05) is 6.54 Å². The van der Waals surface area contributed by atoms with E-state index in [0.717, 1.165) is 37.8 Å². The molecular weight excluding hydrogens is 300 g/mol. The van der Waals surface area contributed by atoms with Crippen LogP contribution in [-0.4, -0.2) is 23.2 Å². The van der Waals surface area contributed by atoms with Gasteiger partial charge in [-0.2, -0.15) is 0 Å². The number of aliphatic hydroxyl groups is 1. The Kier molecular flexibility index (Phi) is 5.17. The first kappa shape index (κ1) is 16.2. The lowest BCUT2D eigenvalue weighted by molar-refractivity contribution is 0.0246. The van der Waals surface area contributed by atoms with E-state index in [2.05, 4.69) is 5.32 Å². The van der Waals surface area contributed by atoms with Crippen molar-refractivity contribution in [2.24, 2.45) is 0 Å². The minimum absolute atomic E-state index is 0.0845. The minimum atomic E-state index is -1.13. The number of hydrogen-bond donors (Lipinski definition) is 2. The van der Waals surface area contributed by atoms with Crippen LogP contribution in [0.2, 0.25) is 5.02 Å². The predicted molar refractivity (Wildman–Crippen MR) is 76.4 cm³/mol. The van der Waals surface area contributed by atoms with Gasteiger partial charge in [0.1, 0.15) is 0 Å². The number of amides is 1. The molecule has 1 aliphatic rings. The van der Waals surface area contributed by atoms with Crippen LogP contribution in [0.3, 0.4) is 0 Å². The SMILES string of the molecule is O=C(NCC1(O)CCCCCC1)c1cc(F)c(F)cc1Cl. The molecule has 1 aromatic rings. The summed E-state index contributed by atoms with van der Waals surface area (Å²) in [5.74, 6) is -2.84. The van der Waals surface area contributed by atoms with Gasteiger partial charge in [-0.25, -0.2) is 8.78 Å². The van der Waals surface area contributed by atoms with Crippen LogP contribution in [0.25, 0.3) is 0 Å². The Labute approximate surface area is 127 Å². The topological polar surface area (TPSA) is 49.3 Å². The average molecular weight is 318 g/mol. The van der Waals surface area contributed by atoms with Gasteiger partial charge in [0.25, 0.3) is 5.91 Å². The van der Waals surface area contributed by atoms with Gasteiger partial charge in [0.2, 0.25) is 0 Å². The van der Waals surface area contributed by atoms with Crippen molar-refractivity contribution in [2.75, 3.05) is 6.54 Å². The molecule has 0 aromatic heterocycles. The summed E-state index contributed by atoms with van der Waals surface area (Å²) in [6.45, 7) is 0.0845. The highest BCUT2D eigenvalue weighted by atomic mass is 35.5. The number of nitrogens with one attached hydrogen (secondary N) is 1. The van der Waals surface area contributed by atoms with E-state index in [0.29, 0.717) is 12.8 Å². The molecule has 2 N–H and O–H groups in total. The lowest BCUT2D eigenvalue weighted by atomic mass is 9.94. The van der Waals surface area contributed by atoms with Crippen molar-refractivity contribution in [1.29, 1.82) is 0 Å². The van der Waals surface area contributed by atoms with E-state index in [-0.39, 0.29) is 17.1 Å². The zero-order valence-electron chi connectivity index (χ0n) is 11.6. The van der Waals surface area contributed by atoms with Gasteiger partial charge in [-0.1, -0.05) is 37.3 Å². The summed E-state index contributed by atoms with van der Waals surface area (Å²) in [6, 6.07) is 1.54. The largest absolute Gasteiger partial charge is 0.388 e. The highest BCUT2D eigenvalue weighted by Crippen LogP contribution is 2.26. The van der Waals surface area contributed by atoms with Crippen LogP contribution < -0.4 is 5.32 Å². The fourth-order valence-corrected chi connectivity index (χ4v) is 2.84. The van der Waals surface area contributed by atoms with Crippen LogP contribution in [0.15, 0.2) is 12.1 Å². The van der Waals surface area contributed by atoms with E-state index in [1.165, 1.54) is 0 Å². The average Bonchev–Trinajstić information content (AvgIpc) is 2.66. The molecule has 0 radical (unpaired) electrons. The van der Waals surface area contributed by atoms with Crippen LogP contribution in [0.4, 0.5) is 8.78 Å². The molecule has 2 rings (SSSR count). The van der Waals surface area contributed by atoms with E-state index < -0.39 is 23.1 Å². The first-order valence-electron chi connectivity index (χ1n) is 7.06. The van der Waals surface area contributed by atoms with Crippen molar-refractivity contribution in [3.8, 4) is 0 Å². The van der Waals surface area contributed by atoms with Crippen LogP contribution >= 0.6 is 11.6 Å². The van der Waals surface area contributed by atoms with Crippen LogP contribution in [-0.2, 0) is 0 Å². The number of benzene rings is 1. The molecule has 6 heteroatoms. The Morgan fingerprint density at radius 3 is 2.38 bits per heavy atom. The van der Waals surface area contributed by atoms with Crippen molar-refractivity contribution in [1.82, 2.24) is 5.32 Å². The monoisotopic (exact) mass is 317 g/mol. The summed E-state index contributed by atoms with van der Waals surface area (Å²) in [5, 5.41) is 12.8. The number of rotatable bonds is 3. The second-order valence-corrected chi connectivity index (χ2v) is 5.97. The van der Waals surface area contributed by atoms with Gasteiger partial charge in [-0.15, -0.1) is 0 Å². The summed E-state index contributed by atoms with van der Waals surface area (Å²) >= 11 is 5.75. The van der Waals surface area contributed by atoms with E-state index in [1.807, 2.05) is 0 Å². The molecule has 0 spiro atoms. The fourth-order valence-electron chi connectivity index (χ4n) is 2.60. The third-order valence-electron chi connectivity index (χ3n) is 3.87. The molecular formula is C15H18ClF2NO2. The van der Waals surface area contributed by atoms with Crippen molar-refractivity contribution >= 4 is 17.5 Å². The van der Waals surface area contributed by atoms with Crippen molar-refractivity contribution in [3.63, 3.8) is 0 Å². The summed E-state index contributed by atoms with van der Waals surface area (Å²) in [4.78, 5) is 12.0. The molecule has 3 nitrogen and oxygen atoms in total. The van der Waals surface area contributed by atoms with Crippen molar-refractivity contribution < 1.29 is 18.7 Å². The fraction of sp³-hybridized carbons (Fsp3) is 0.533. The number of carbonyl (C=O) groups excluding carboxylic acids is 1. The quantitative estimate of drug-likeness (QED) is 0.663. The highest BCUT2D eigenvalue weighted by Gasteiger charge is 2.28. The predicted octanol–water partition coefficient (Wildman–Crippen LogP) is 3.43. The van der Waals surface area contributed by atoms with E-state index in [9.17, 15) is 18.7 Å². The first-order valence-corrected chi connectivity index (χ1v) is 7.44. The number of halogens is 3. The van der Waals surface area contributed by atoms with Gasteiger partial charge >= 0.3 is 0 Å². The highest BCUT2D eigenvalue weighted by molar-refractivity contribution is 6.33. The third-order valence-corrected chi connectivity index (χ3v) is 4.18. The Bertz CT molecular complexity index is 529. The van der Waals surface area contributed by atoms with E-state index in [4.69, 9.17) is 11.6 Å². The summed E-state index contributed by atoms with van der Waals surface area (Å²) in [6.07, 6.45) is 5.23. The molecule has 1 fully saturated rings. The number of hydrogen-bond acceptors (Lipinski definition) is 2. The molecule has 0 aliphatic heterocycles.